The molecule has 4 rings (SSSR count). The summed E-state index contributed by atoms with van der Waals surface area (Å²) in [5.41, 5.74) is 12.6. The highest BCUT2D eigenvalue weighted by atomic mass is 16.3. The molecular weight excluding hydrogens is 412 g/mol. The van der Waals surface area contributed by atoms with Gasteiger partial charge in [-0.05, 0) is 60.6 Å². The molecule has 1 aliphatic rings. The first-order valence-electron chi connectivity index (χ1n) is 11.8. The van der Waals surface area contributed by atoms with Crippen LogP contribution in [0.4, 0.5) is 11.5 Å². The van der Waals surface area contributed by atoms with Crippen molar-refractivity contribution in [3.8, 4) is 17.0 Å². The molecule has 4 N–H and O–H groups in total. The average Bonchev–Trinajstić information content (AvgIpc) is 2.80. The number of aryl methyl sites for hydroxylation is 2. The molecule has 0 fully saturated rings. The minimum Gasteiger partial charge on any atom is -0.508 e. The number of aromatic hydroxyl groups is 1. The monoisotopic (exact) mass is 444 g/mol. The van der Waals surface area contributed by atoms with Crippen LogP contribution in [-0.2, 0) is 30.5 Å². The fraction of sp³-hybridized carbons (Fsp3) is 0.370. The number of hydrogen-bond acceptors (Lipinski definition) is 5. The van der Waals surface area contributed by atoms with Gasteiger partial charge in [0, 0.05) is 11.3 Å². The number of amides is 1. The van der Waals surface area contributed by atoms with Gasteiger partial charge in [-0.2, -0.15) is 0 Å². The standard InChI is InChI=1S/C27H32N4O2/c1-3-5-17(4-2)14-24-27(31-25(33)15-18-6-10-21(32)11-7-18)30-23-13-8-19-16-20(28)9-12-22(19)26(23)29-24/h6-7,9-12,16-17,32H,3-5,8,13-15,28H2,1-2H3,(H,30,31,33). The third kappa shape index (κ3) is 5.33. The van der Waals surface area contributed by atoms with E-state index in [1.54, 1.807) is 24.3 Å². The molecule has 1 unspecified atom stereocenters. The van der Waals surface area contributed by atoms with Crippen LogP contribution in [-0.4, -0.2) is 21.0 Å². The third-order valence-electron chi connectivity index (χ3n) is 6.37. The molecule has 2 aromatic carbocycles. The molecule has 3 aromatic rings. The van der Waals surface area contributed by atoms with Gasteiger partial charge >= 0.3 is 0 Å². The number of nitrogens with one attached hydrogen (secondary N) is 1. The van der Waals surface area contributed by atoms with E-state index in [0.29, 0.717) is 11.7 Å². The summed E-state index contributed by atoms with van der Waals surface area (Å²) in [6.07, 6.45) is 5.91. The zero-order valence-corrected chi connectivity index (χ0v) is 19.4. The highest BCUT2D eigenvalue weighted by molar-refractivity contribution is 5.92. The molecule has 0 spiro atoms. The normalized spacial score (nSPS) is 13.2. The van der Waals surface area contributed by atoms with E-state index >= 15 is 0 Å². The van der Waals surface area contributed by atoms with Crippen molar-refractivity contribution in [1.29, 1.82) is 0 Å². The second kappa shape index (κ2) is 10.0. The molecule has 33 heavy (non-hydrogen) atoms. The summed E-state index contributed by atoms with van der Waals surface area (Å²) in [6.45, 7) is 4.40. The Hall–Kier alpha value is -3.41. The van der Waals surface area contributed by atoms with E-state index in [0.717, 1.165) is 72.4 Å². The number of anilines is 2. The largest absolute Gasteiger partial charge is 0.508 e. The summed E-state index contributed by atoms with van der Waals surface area (Å²) in [4.78, 5) is 22.8. The molecular formula is C27H32N4O2. The predicted octanol–water partition coefficient (Wildman–Crippen LogP) is 5.08. The van der Waals surface area contributed by atoms with Crippen molar-refractivity contribution in [3.05, 3.63) is 65.0 Å². The molecule has 0 radical (unpaired) electrons. The van der Waals surface area contributed by atoms with Crippen molar-refractivity contribution >= 4 is 17.4 Å². The number of fused-ring (bicyclic) bond motifs is 3. The van der Waals surface area contributed by atoms with Gasteiger partial charge < -0.3 is 16.2 Å². The van der Waals surface area contributed by atoms with E-state index in [1.807, 2.05) is 18.2 Å². The number of nitrogens with zero attached hydrogens (tertiary/aromatic N) is 2. The van der Waals surface area contributed by atoms with Gasteiger partial charge in [-0.25, -0.2) is 9.97 Å². The number of phenolic OH excluding ortho intramolecular Hbond substituents is 1. The number of carbonyl (C=O) groups excluding carboxylic acids is 1. The second-order valence-corrected chi connectivity index (χ2v) is 8.89. The number of nitrogens with two attached hydrogens (primary N) is 1. The van der Waals surface area contributed by atoms with Crippen molar-refractivity contribution in [2.45, 2.75) is 58.8 Å². The Morgan fingerprint density at radius 2 is 1.91 bits per heavy atom. The van der Waals surface area contributed by atoms with Gasteiger partial charge in [0.1, 0.15) is 5.75 Å². The number of phenols is 1. The second-order valence-electron chi connectivity index (χ2n) is 8.89. The lowest BCUT2D eigenvalue weighted by Gasteiger charge is -2.22. The average molecular weight is 445 g/mol. The van der Waals surface area contributed by atoms with Gasteiger partial charge in [0.15, 0.2) is 5.82 Å². The van der Waals surface area contributed by atoms with Crippen molar-refractivity contribution < 1.29 is 9.90 Å². The topological polar surface area (TPSA) is 101 Å². The van der Waals surface area contributed by atoms with Crippen molar-refractivity contribution in [3.63, 3.8) is 0 Å². The van der Waals surface area contributed by atoms with E-state index in [9.17, 15) is 9.90 Å². The van der Waals surface area contributed by atoms with Gasteiger partial charge in [0.25, 0.3) is 0 Å². The molecule has 1 aromatic heterocycles. The van der Waals surface area contributed by atoms with Gasteiger partial charge in [-0.3, -0.25) is 4.79 Å². The lowest BCUT2D eigenvalue weighted by atomic mass is 9.90. The molecule has 6 nitrogen and oxygen atoms in total. The van der Waals surface area contributed by atoms with Gasteiger partial charge in [0.05, 0.1) is 23.5 Å². The van der Waals surface area contributed by atoms with Crippen LogP contribution in [0.25, 0.3) is 11.3 Å². The van der Waals surface area contributed by atoms with Crippen LogP contribution in [0, 0.1) is 5.92 Å². The first-order valence-corrected chi connectivity index (χ1v) is 11.8. The van der Waals surface area contributed by atoms with Crippen LogP contribution in [0.5, 0.6) is 5.75 Å². The minimum absolute atomic E-state index is 0.135. The molecule has 6 heteroatoms. The number of benzene rings is 2. The first-order chi connectivity index (χ1) is 16.0. The fourth-order valence-electron chi connectivity index (χ4n) is 4.55. The Morgan fingerprint density at radius 3 is 2.64 bits per heavy atom. The number of carbonyl (C=O) groups is 1. The highest BCUT2D eigenvalue weighted by Crippen LogP contribution is 2.34. The Kier molecular flexibility index (Phi) is 6.92. The van der Waals surface area contributed by atoms with E-state index in [-0.39, 0.29) is 18.1 Å². The van der Waals surface area contributed by atoms with E-state index < -0.39 is 0 Å². The SMILES string of the molecule is CCCC(CC)Cc1nc2c(nc1NC(=O)Cc1ccc(O)cc1)CCc1cc(N)ccc1-2. The highest BCUT2D eigenvalue weighted by Gasteiger charge is 2.23. The van der Waals surface area contributed by atoms with Crippen LogP contribution < -0.4 is 11.1 Å². The lowest BCUT2D eigenvalue weighted by molar-refractivity contribution is -0.115. The van der Waals surface area contributed by atoms with Gasteiger partial charge in [-0.1, -0.05) is 51.3 Å². The third-order valence-corrected chi connectivity index (χ3v) is 6.37. The van der Waals surface area contributed by atoms with Crippen LogP contribution in [0.2, 0.25) is 0 Å². The summed E-state index contributed by atoms with van der Waals surface area (Å²) in [7, 11) is 0. The molecule has 0 saturated heterocycles. The molecule has 1 amide bonds. The summed E-state index contributed by atoms with van der Waals surface area (Å²) >= 11 is 0. The number of aromatic nitrogens is 2. The molecule has 1 aliphatic carbocycles. The fourth-order valence-corrected chi connectivity index (χ4v) is 4.55. The maximum atomic E-state index is 12.8. The van der Waals surface area contributed by atoms with Crippen molar-refractivity contribution in [1.82, 2.24) is 9.97 Å². The van der Waals surface area contributed by atoms with Crippen LogP contribution in [0.3, 0.4) is 0 Å². The summed E-state index contributed by atoms with van der Waals surface area (Å²) in [6, 6.07) is 12.7. The van der Waals surface area contributed by atoms with Crippen molar-refractivity contribution in [2.24, 2.45) is 5.92 Å². The maximum absolute atomic E-state index is 12.8. The van der Waals surface area contributed by atoms with Gasteiger partial charge in [-0.15, -0.1) is 0 Å². The smallest absolute Gasteiger partial charge is 0.229 e. The van der Waals surface area contributed by atoms with Crippen LogP contribution in [0.1, 0.15) is 55.6 Å². The lowest BCUT2D eigenvalue weighted by Crippen LogP contribution is -2.21. The molecule has 1 heterocycles. The molecule has 172 valence electrons. The molecule has 1 atom stereocenters. The van der Waals surface area contributed by atoms with Gasteiger partial charge in [0.2, 0.25) is 5.91 Å². The van der Waals surface area contributed by atoms with E-state index in [2.05, 4.69) is 19.2 Å². The Balaban J connectivity index is 1.66. The van der Waals surface area contributed by atoms with E-state index in [4.69, 9.17) is 15.7 Å². The molecule has 0 bridgehead atoms. The quantitative estimate of drug-likeness (QED) is 0.421. The zero-order chi connectivity index (χ0) is 23.4. The predicted molar refractivity (Wildman–Crippen MR) is 132 cm³/mol. The Morgan fingerprint density at radius 1 is 1.12 bits per heavy atom. The summed E-state index contributed by atoms with van der Waals surface area (Å²) < 4.78 is 0. The van der Waals surface area contributed by atoms with Crippen LogP contribution in [0.15, 0.2) is 42.5 Å². The Labute approximate surface area is 195 Å². The van der Waals surface area contributed by atoms with Crippen LogP contribution >= 0.6 is 0 Å². The number of hydrogen-bond donors (Lipinski definition) is 3. The maximum Gasteiger partial charge on any atom is 0.229 e. The zero-order valence-electron chi connectivity index (χ0n) is 19.4. The number of rotatable bonds is 8. The molecule has 0 aliphatic heterocycles. The summed E-state index contributed by atoms with van der Waals surface area (Å²) in [5.74, 6) is 1.12. The minimum atomic E-state index is -0.135. The van der Waals surface area contributed by atoms with Crippen molar-refractivity contribution in [2.75, 3.05) is 11.1 Å². The summed E-state index contributed by atoms with van der Waals surface area (Å²) in [5, 5.41) is 12.5. The van der Waals surface area contributed by atoms with E-state index in [1.165, 1.54) is 5.56 Å². The first kappa shape index (κ1) is 22.8. The number of nitrogen functional groups attached to an aromatic ring is 1. The Bertz CT molecular complexity index is 1140. The molecule has 0 saturated carbocycles.